The van der Waals surface area contributed by atoms with E-state index in [-0.39, 0.29) is 0 Å². The van der Waals surface area contributed by atoms with E-state index in [9.17, 15) is 8.42 Å². The Balaban J connectivity index is 3.06. The lowest BCUT2D eigenvalue weighted by Gasteiger charge is -2.24. The van der Waals surface area contributed by atoms with Crippen molar-refractivity contribution in [2.75, 3.05) is 5.33 Å². The number of sulfone groups is 1. The van der Waals surface area contributed by atoms with Crippen LogP contribution in [0.4, 0.5) is 0 Å². The van der Waals surface area contributed by atoms with Crippen molar-refractivity contribution < 1.29 is 8.42 Å². The van der Waals surface area contributed by atoms with Crippen LogP contribution in [0.25, 0.3) is 0 Å². The molecule has 0 aliphatic carbocycles. The van der Waals surface area contributed by atoms with Gasteiger partial charge in [-0.3, -0.25) is 0 Å². The summed E-state index contributed by atoms with van der Waals surface area (Å²) in [6.45, 7) is 3.53. The van der Waals surface area contributed by atoms with Crippen LogP contribution < -0.4 is 0 Å². The van der Waals surface area contributed by atoms with E-state index in [0.29, 0.717) is 16.3 Å². The molecule has 17 heavy (non-hydrogen) atoms. The molecule has 0 aliphatic rings. The zero-order chi connectivity index (χ0) is 13.1. The van der Waals surface area contributed by atoms with Crippen LogP contribution in [0.15, 0.2) is 29.2 Å². The fraction of sp³-hybridized carbons (Fsp3) is 0.500. The van der Waals surface area contributed by atoms with Gasteiger partial charge in [0.1, 0.15) is 0 Å². The molecule has 0 aliphatic heterocycles. The van der Waals surface area contributed by atoms with E-state index in [1.165, 1.54) is 0 Å². The highest BCUT2D eigenvalue weighted by Gasteiger charge is 2.34. The van der Waals surface area contributed by atoms with Gasteiger partial charge in [0.15, 0.2) is 9.84 Å². The first-order valence-electron chi connectivity index (χ1n) is 5.37. The van der Waals surface area contributed by atoms with Crippen LogP contribution in [0.5, 0.6) is 0 Å². The largest absolute Gasteiger partial charge is 0.223 e. The molecule has 0 aromatic heterocycles. The topological polar surface area (TPSA) is 34.1 Å². The Labute approximate surface area is 116 Å². The second-order valence-electron chi connectivity index (χ2n) is 4.51. The van der Waals surface area contributed by atoms with E-state index in [4.69, 9.17) is 11.6 Å². The Bertz CT molecular complexity index is 466. The fourth-order valence-corrected chi connectivity index (χ4v) is 3.51. The summed E-state index contributed by atoms with van der Waals surface area (Å²) in [7, 11) is -3.31. The summed E-state index contributed by atoms with van der Waals surface area (Å²) in [5.41, 5.74) is 0. The molecular weight excluding hydrogens is 324 g/mol. The van der Waals surface area contributed by atoms with E-state index in [1.807, 2.05) is 0 Å². The summed E-state index contributed by atoms with van der Waals surface area (Å²) in [5, 5.41) is 1.36. The van der Waals surface area contributed by atoms with Gasteiger partial charge in [0.2, 0.25) is 0 Å². The SMILES string of the molecule is CC(C)(CCCBr)S(=O)(=O)c1ccc(Cl)cc1. The van der Waals surface area contributed by atoms with Gasteiger partial charge in [0.25, 0.3) is 0 Å². The van der Waals surface area contributed by atoms with Crippen molar-refractivity contribution >= 4 is 37.4 Å². The lowest BCUT2D eigenvalue weighted by atomic mass is 10.1. The molecule has 2 nitrogen and oxygen atoms in total. The minimum Gasteiger partial charge on any atom is -0.223 e. The smallest absolute Gasteiger partial charge is 0.183 e. The number of alkyl halides is 1. The lowest BCUT2D eigenvalue weighted by Crippen LogP contribution is -2.32. The van der Waals surface area contributed by atoms with Gasteiger partial charge in [0.05, 0.1) is 9.64 Å². The number of hydrogen-bond donors (Lipinski definition) is 0. The number of benzene rings is 1. The first-order valence-corrected chi connectivity index (χ1v) is 8.36. The first-order chi connectivity index (χ1) is 7.81. The summed E-state index contributed by atoms with van der Waals surface area (Å²) in [6, 6.07) is 6.34. The minimum atomic E-state index is -3.31. The predicted molar refractivity (Wildman–Crippen MR) is 75.7 cm³/mol. The zero-order valence-corrected chi connectivity index (χ0v) is 13.1. The van der Waals surface area contributed by atoms with E-state index in [2.05, 4.69) is 15.9 Å². The Kier molecular flexibility index (Phi) is 5.05. The number of hydrogen-bond acceptors (Lipinski definition) is 2. The van der Waals surface area contributed by atoms with Crippen LogP contribution in [-0.2, 0) is 9.84 Å². The fourth-order valence-electron chi connectivity index (χ4n) is 1.56. The standard InChI is InChI=1S/C12H16BrClO2S/c1-12(2,8-3-9-13)17(15,16)11-6-4-10(14)5-7-11/h4-7H,3,8-9H2,1-2H3. The van der Waals surface area contributed by atoms with Crippen molar-refractivity contribution in [3.8, 4) is 0 Å². The molecule has 0 unspecified atom stereocenters. The van der Waals surface area contributed by atoms with Gasteiger partial charge in [-0.05, 0) is 51.0 Å². The Morgan fingerprint density at radius 2 is 1.76 bits per heavy atom. The molecule has 1 aromatic carbocycles. The highest BCUT2D eigenvalue weighted by atomic mass is 79.9. The molecule has 0 amide bonds. The monoisotopic (exact) mass is 338 g/mol. The predicted octanol–water partition coefficient (Wildman–Crippen LogP) is 4.07. The highest BCUT2D eigenvalue weighted by Crippen LogP contribution is 2.30. The molecular formula is C12H16BrClO2S. The summed E-state index contributed by atoms with van der Waals surface area (Å²) in [6.07, 6.45) is 1.46. The van der Waals surface area contributed by atoms with Crippen LogP contribution >= 0.6 is 27.5 Å². The molecule has 0 saturated carbocycles. The Hall–Kier alpha value is -0.0600. The molecule has 0 heterocycles. The van der Waals surface area contributed by atoms with Gasteiger partial charge >= 0.3 is 0 Å². The molecule has 0 fully saturated rings. The zero-order valence-electron chi connectivity index (χ0n) is 9.91. The minimum absolute atomic E-state index is 0.335. The van der Waals surface area contributed by atoms with Crippen molar-refractivity contribution in [2.24, 2.45) is 0 Å². The molecule has 0 spiro atoms. The third-order valence-electron chi connectivity index (χ3n) is 2.76. The van der Waals surface area contributed by atoms with Gasteiger partial charge in [-0.15, -0.1) is 0 Å². The maximum atomic E-state index is 12.4. The maximum absolute atomic E-state index is 12.4. The molecule has 96 valence electrons. The van der Waals surface area contributed by atoms with E-state index >= 15 is 0 Å². The van der Waals surface area contributed by atoms with Crippen molar-refractivity contribution in [1.29, 1.82) is 0 Å². The molecule has 1 rings (SSSR count). The molecule has 0 saturated heterocycles. The van der Waals surface area contributed by atoms with Gasteiger partial charge in [-0.25, -0.2) is 8.42 Å². The van der Waals surface area contributed by atoms with Crippen LogP contribution in [0.1, 0.15) is 26.7 Å². The van der Waals surface area contributed by atoms with Gasteiger partial charge in [-0.2, -0.15) is 0 Å². The van der Waals surface area contributed by atoms with Crippen molar-refractivity contribution in [2.45, 2.75) is 36.3 Å². The Morgan fingerprint density at radius 1 is 1.24 bits per heavy atom. The van der Waals surface area contributed by atoms with E-state index in [1.54, 1.807) is 38.1 Å². The van der Waals surface area contributed by atoms with Crippen molar-refractivity contribution in [3.63, 3.8) is 0 Å². The summed E-state index contributed by atoms with van der Waals surface area (Å²) >= 11 is 9.08. The van der Waals surface area contributed by atoms with Crippen LogP contribution in [0.2, 0.25) is 5.02 Å². The van der Waals surface area contributed by atoms with E-state index < -0.39 is 14.6 Å². The van der Waals surface area contributed by atoms with Gasteiger partial charge < -0.3 is 0 Å². The molecule has 0 N–H and O–H groups in total. The van der Waals surface area contributed by atoms with Crippen molar-refractivity contribution in [1.82, 2.24) is 0 Å². The van der Waals surface area contributed by atoms with Gasteiger partial charge in [0, 0.05) is 10.4 Å². The summed E-state index contributed by atoms with van der Waals surface area (Å²) in [5.74, 6) is 0. The molecule has 0 atom stereocenters. The number of rotatable bonds is 5. The molecule has 1 aromatic rings. The lowest BCUT2D eigenvalue weighted by molar-refractivity contribution is 0.524. The average molecular weight is 340 g/mol. The molecule has 0 radical (unpaired) electrons. The third-order valence-corrected chi connectivity index (χ3v) is 6.13. The number of halogens is 2. The summed E-state index contributed by atoms with van der Waals surface area (Å²) in [4.78, 5) is 0.335. The summed E-state index contributed by atoms with van der Waals surface area (Å²) < 4.78 is 24.1. The third kappa shape index (κ3) is 3.46. The van der Waals surface area contributed by atoms with E-state index in [0.717, 1.165) is 11.8 Å². The maximum Gasteiger partial charge on any atom is 0.183 e. The molecule has 0 bridgehead atoms. The van der Waals surface area contributed by atoms with Crippen molar-refractivity contribution in [3.05, 3.63) is 29.3 Å². The second kappa shape index (κ2) is 5.72. The van der Waals surface area contributed by atoms with Crippen LogP contribution in [0.3, 0.4) is 0 Å². The van der Waals surface area contributed by atoms with Crippen LogP contribution in [-0.4, -0.2) is 18.5 Å². The van der Waals surface area contributed by atoms with Crippen LogP contribution in [0, 0.1) is 0 Å². The molecule has 5 heteroatoms. The highest BCUT2D eigenvalue weighted by molar-refractivity contribution is 9.09. The normalized spacial score (nSPS) is 12.7. The second-order valence-corrected chi connectivity index (χ2v) is 8.32. The Morgan fingerprint density at radius 3 is 2.24 bits per heavy atom. The quantitative estimate of drug-likeness (QED) is 0.758. The average Bonchev–Trinajstić information content (AvgIpc) is 2.27. The first kappa shape index (κ1) is 15.0. The van der Waals surface area contributed by atoms with Gasteiger partial charge in [-0.1, -0.05) is 27.5 Å².